The van der Waals surface area contributed by atoms with Crippen LogP contribution in [0.15, 0.2) is 36.4 Å². The minimum absolute atomic E-state index is 0.0384. The van der Waals surface area contributed by atoms with E-state index in [1.54, 1.807) is 6.07 Å². The van der Waals surface area contributed by atoms with Gasteiger partial charge in [-0.3, -0.25) is 4.79 Å². The number of nitrogens with one attached hydrogen (secondary N) is 3. The average molecular weight is 445 g/mol. The Hall–Kier alpha value is -2.19. The topological polar surface area (TPSA) is 90.0 Å². The molecule has 1 amide bonds. The van der Waals surface area contributed by atoms with Crippen molar-refractivity contribution < 1.29 is 9.90 Å². The molecule has 0 radical (unpaired) electrons. The van der Waals surface area contributed by atoms with Gasteiger partial charge in [-0.25, -0.2) is 4.98 Å². The Labute approximate surface area is 184 Å². The van der Waals surface area contributed by atoms with Crippen LogP contribution in [0.2, 0.25) is 5.02 Å². The predicted molar refractivity (Wildman–Crippen MR) is 120 cm³/mol. The molecule has 1 aliphatic rings. The summed E-state index contributed by atoms with van der Waals surface area (Å²) in [4.78, 5) is 21.8. The van der Waals surface area contributed by atoms with Crippen molar-refractivity contribution in [3.8, 4) is 11.3 Å². The van der Waals surface area contributed by atoms with Gasteiger partial charge < -0.3 is 20.7 Å². The van der Waals surface area contributed by atoms with Gasteiger partial charge in [-0.2, -0.15) is 0 Å². The van der Waals surface area contributed by atoms with Crippen LogP contribution in [0, 0.1) is 6.92 Å². The standard InChI is InChI=1S/C22H25ClN4O2S/c1-13-19(12-28)30-22(25-13)20(17-4-2-3-11-24-17)27-21(29)18-10-9-16(26-18)14-5-7-15(23)8-6-14/h5-10,17,20,24,26,28H,2-4,11-12H2,1H3,(H,27,29)/t17-,20+/m1/s1. The van der Waals surface area contributed by atoms with Crippen molar-refractivity contribution in [2.45, 2.75) is 44.9 Å². The summed E-state index contributed by atoms with van der Waals surface area (Å²) < 4.78 is 0. The summed E-state index contributed by atoms with van der Waals surface area (Å²) in [6.45, 7) is 2.78. The van der Waals surface area contributed by atoms with Crippen LogP contribution in [0.5, 0.6) is 0 Å². The maximum Gasteiger partial charge on any atom is 0.268 e. The molecule has 30 heavy (non-hydrogen) atoms. The fourth-order valence-corrected chi connectivity index (χ4v) is 4.94. The Balaban J connectivity index is 1.56. The molecule has 1 aromatic carbocycles. The molecular formula is C22H25ClN4O2S. The highest BCUT2D eigenvalue weighted by Crippen LogP contribution is 2.29. The van der Waals surface area contributed by atoms with Gasteiger partial charge in [0.25, 0.3) is 5.91 Å². The molecule has 0 unspecified atom stereocenters. The van der Waals surface area contributed by atoms with Crippen molar-refractivity contribution in [2.75, 3.05) is 6.54 Å². The van der Waals surface area contributed by atoms with Crippen molar-refractivity contribution in [3.63, 3.8) is 0 Å². The monoisotopic (exact) mass is 444 g/mol. The van der Waals surface area contributed by atoms with Crippen LogP contribution in [0.4, 0.5) is 0 Å². The van der Waals surface area contributed by atoms with E-state index < -0.39 is 0 Å². The maximum atomic E-state index is 13.1. The molecular weight excluding hydrogens is 420 g/mol. The third kappa shape index (κ3) is 4.59. The van der Waals surface area contributed by atoms with Crippen LogP contribution in [0.25, 0.3) is 11.3 Å². The van der Waals surface area contributed by atoms with Crippen molar-refractivity contribution in [1.82, 2.24) is 20.6 Å². The van der Waals surface area contributed by atoms with Crippen molar-refractivity contribution in [1.29, 1.82) is 0 Å². The maximum absolute atomic E-state index is 13.1. The molecule has 6 nitrogen and oxygen atoms in total. The Kier molecular flexibility index (Phi) is 6.53. The summed E-state index contributed by atoms with van der Waals surface area (Å²) >= 11 is 7.43. The van der Waals surface area contributed by atoms with Gasteiger partial charge in [0.15, 0.2) is 0 Å². The minimum atomic E-state index is -0.246. The second-order valence-electron chi connectivity index (χ2n) is 7.52. The van der Waals surface area contributed by atoms with Gasteiger partial charge in [0.05, 0.1) is 23.2 Å². The zero-order valence-electron chi connectivity index (χ0n) is 16.7. The smallest absolute Gasteiger partial charge is 0.268 e. The quantitative estimate of drug-likeness (QED) is 0.458. The van der Waals surface area contributed by atoms with Crippen molar-refractivity contribution in [2.24, 2.45) is 0 Å². The number of aromatic nitrogens is 2. The second-order valence-corrected chi connectivity index (χ2v) is 9.07. The fraction of sp³-hybridized carbons (Fsp3) is 0.364. The van der Waals surface area contributed by atoms with Crippen LogP contribution in [-0.2, 0) is 6.61 Å². The highest BCUT2D eigenvalue weighted by atomic mass is 35.5. The van der Waals surface area contributed by atoms with E-state index in [0.29, 0.717) is 10.7 Å². The SMILES string of the molecule is Cc1nc([C@@H](NC(=O)c2ccc(-c3ccc(Cl)cc3)[nH]2)[C@H]2CCCCN2)sc1CO. The Morgan fingerprint density at radius 3 is 2.77 bits per heavy atom. The highest BCUT2D eigenvalue weighted by molar-refractivity contribution is 7.11. The van der Waals surface area contributed by atoms with Gasteiger partial charge in [0.2, 0.25) is 0 Å². The lowest BCUT2D eigenvalue weighted by atomic mass is 9.98. The first-order chi connectivity index (χ1) is 14.5. The normalized spacial score (nSPS) is 17.6. The number of hydrogen-bond donors (Lipinski definition) is 4. The molecule has 1 saturated heterocycles. The molecule has 4 N–H and O–H groups in total. The van der Waals surface area contributed by atoms with E-state index in [9.17, 15) is 9.90 Å². The first-order valence-corrected chi connectivity index (χ1v) is 11.3. The number of rotatable bonds is 6. The lowest BCUT2D eigenvalue weighted by molar-refractivity contribution is 0.0918. The van der Waals surface area contributed by atoms with E-state index in [2.05, 4.69) is 20.6 Å². The van der Waals surface area contributed by atoms with Crippen molar-refractivity contribution >= 4 is 28.8 Å². The van der Waals surface area contributed by atoms with Crippen molar-refractivity contribution in [3.05, 3.63) is 62.7 Å². The largest absolute Gasteiger partial charge is 0.391 e. The third-order valence-electron chi connectivity index (χ3n) is 5.44. The summed E-state index contributed by atoms with van der Waals surface area (Å²) in [5, 5.41) is 17.8. The molecule has 4 rings (SSSR count). The first kappa shape index (κ1) is 21.1. The molecule has 2 atom stereocenters. The van der Waals surface area contributed by atoms with E-state index in [4.69, 9.17) is 11.6 Å². The van der Waals surface area contributed by atoms with Crippen LogP contribution >= 0.6 is 22.9 Å². The molecule has 1 aliphatic heterocycles. The number of hydrogen-bond acceptors (Lipinski definition) is 5. The number of piperidine rings is 1. The van der Waals surface area contributed by atoms with E-state index in [-0.39, 0.29) is 24.6 Å². The molecule has 2 aromatic heterocycles. The third-order valence-corrected chi connectivity index (χ3v) is 6.92. The number of aryl methyl sites for hydroxylation is 1. The predicted octanol–water partition coefficient (Wildman–Crippen LogP) is 4.21. The number of amides is 1. The number of thiazole rings is 1. The zero-order valence-corrected chi connectivity index (χ0v) is 18.3. The Morgan fingerprint density at radius 1 is 1.30 bits per heavy atom. The van der Waals surface area contributed by atoms with Crippen LogP contribution in [0.1, 0.15) is 51.4 Å². The lowest BCUT2D eigenvalue weighted by Crippen LogP contribution is -2.46. The number of carbonyl (C=O) groups excluding carboxylic acids is 1. The minimum Gasteiger partial charge on any atom is -0.391 e. The van der Waals surface area contributed by atoms with E-state index in [0.717, 1.165) is 52.6 Å². The molecule has 0 aliphatic carbocycles. The lowest BCUT2D eigenvalue weighted by Gasteiger charge is -2.30. The summed E-state index contributed by atoms with van der Waals surface area (Å²) in [7, 11) is 0. The molecule has 1 fully saturated rings. The van der Waals surface area contributed by atoms with Gasteiger partial charge >= 0.3 is 0 Å². The number of benzene rings is 1. The first-order valence-electron chi connectivity index (χ1n) is 10.1. The Morgan fingerprint density at radius 2 is 2.10 bits per heavy atom. The Bertz CT molecular complexity index is 1010. The number of nitrogens with zero attached hydrogens (tertiary/aromatic N) is 1. The van der Waals surface area contributed by atoms with Gasteiger partial charge in [0, 0.05) is 16.8 Å². The molecule has 0 saturated carbocycles. The van der Waals surface area contributed by atoms with Gasteiger partial charge in [0.1, 0.15) is 10.7 Å². The average Bonchev–Trinajstić information content (AvgIpc) is 3.40. The van der Waals surface area contributed by atoms with E-state index in [1.165, 1.54) is 11.3 Å². The molecule has 3 aromatic rings. The van der Waals surface area contributed by atoms with E-state index >= 15 is 0 Å². The van der Waals surface area contributed by atoms with Crippen LogP contribution in [0.3, 0.4) is 0 Å². The molecule has 158 valence electrons. The number of halogens is 1. The zero-order chi connectivity index (χ0) is 21.1. The number of aromatic amines is 1. The summed E-state index contributed by atoms with van der Waals surface area (Å²) in [6.07, 6.45) is 3.22. The van der Waals surface area contributed by atoms with Gasteiger partial charge in [-0.15, -0.1) is 11.3 Å². The van der Waals surface area contributed by atoms with Gasteiger partial charge in [-0.1, -0.05) is 30.2 Å². The highest BCUT2D eigenvalue weighted by Gasteiger charge is 2.30. The van der Waals surface area contributed by atoms with Crippen LogP contribution < -0.4 is 10.6 Å². The van der Waals surface area contributed by atoms with E-state index in [1.807, 2.05) is 37.3 Å². The number of aliphatic hydroxyl groups is 1. The number of aliphatic hydroxyl groups excluding tert-OH is 1. The molecule has 8 heteroatoms. The van der Waals surface area contributed by atoms with Gasteiger partial charge in [-0.05, 0) is 56.1 Å². The number of H-pyrrole nitrogens is 1. The fourth-order valence-electron chi connectivity index (χ4n) is 3.77. The summed E-state index contributed by atoms with van der Waals surface area (Å²) in [6, 6.07) is 11.0. The summed E-state index contributed by atoms with van der Waals surface area (Å²) in [5.74, 6) is -0.175. The summed E-state index contributed by atoms with van der Waals surface area (Å²) in [5.41, 5.74) is 3.14. The molecule has 0 spiro atoms. The second kappa shape index (κ2) is 9.31. The molecule has 3 heterocycles. The molecule has 0 bridgehead atoms. The number of carbonyl (C=O) groups is 1. The van der Waals surface area contributed by atoms with Crippen LogP contribution in [-0.4, -0.2) is 33.6 Å².